The van der Waals surface area contributed by atoms with E-state index >= 15 is 0 Å². The largest absolute Gasteiger partial charge is 0.372 e. The Kier molecular flexibility index (Phi) is 1.59. The lowest BCUT2D eigenvalue weighted by atomic mass is 9.91. The molecule has 0 unspecified atom stereocenters. The van der Waals surface area contributed by atoms with Gasteiger partial charge in [-0.05, 0) is 6.07 Å². The summed E-state index contributed by atoms with van der Waals surface area (Å²) in [6, 6.07) is 1.97. The normalized spacial score (nSPS) is 11.9. The SMILES string of the molecule is Bc1cc(C(C)(C)C)no1. The van der Waals surface area contributed by atoms with E-state index < -0.39 is 0 Å². The zero-order chi connectivity index (χ0) is 7.78. The summed E-state index contributed by atoms with van der Waals surface area (Å²) in [5.74, 6) is 0. The molecule has 1 heterocycles. The molecule has 0 spiro atoms. The molecule has 1 aromatic rings. The van der Waals surface area contributed by atoms with Crippen molar-refractivity contribution in [3.05, 3.63) is 11.8 Å². The van der Waals surface area contributed by atoms with Crippen molar-refractivity contribution in [3.8, 4) is 0 Å². The van der Waals surface area contributed by atoms with E-state index in [1.807, 2.05) is 13.9 Å². The van der Waals surface area contributed by atoms with Gasteiger partial charge in [0.25, 0.3) is 0 Å². The maximum atomic E-state index is 4.94. The molecule has 0 aliphatic carbocycles. The first-order chi connectivity index (χ1) is 4.50. The van der Waals surface area contributed by atoms with Gasteiger partial charge in [0.05, 0.1) is 11.4 Å². The molecule has 0 saturated carbocycles. The zero-order valence-electron chi connectivity index (χ0n) is 6.93. The summed E-state index contributed by atoms with van der Waals surface area (Å²) in [7, 11) is 1.90. The van der Waals surface area contributed by atoms with Crippen molar-refractivity contribution in [2.45, 2.75) is 26.2 Å². The van der Waals surface area contributed by atoms with E-state index in [0.29, 0.717) is 0 Å². The summed E-state index contributed by atoms with van der Waals surface area (Å²) in [6.45, 7) is 6.35. The van der Waals surface area contributed by atoms with Gasteiger partial charge in [-0.25, -0.2) is 0 Å². The van der Waals surface area contributed by atoms with Crippen molar-refractivity contribution in [3.63, 3.8) is 0 Å². The molecule has 0 fully saturated rings. The molecule has 0 atom stereocenters. The van der Waals surface area contributed by atoms with Crippen LogP contribution >= 0.6 is 0 Å². The van der Waals surface area contributed by atoms with Gasteiger partial charge in [0.2, 0.25) is 0 Å². The van der Waals surface area contributed by atoms with Crippen molar-refractivity contribution >= 4 is 13.5 Å². The van der Waals surface area contributed by atoms with Crippen LogP contribution in [-0.4, -0.2) is 13.0 Å². The molecule has 0 aromatic carbocycles. The molecule has 0 bridgehead atoms. The van der Waals surface area contributed by atoms with E-state index in [9.17, 15) is 0 Å². The Morgan fingerprint density at radius 1 is 1.50 bits per heavy atom. The van der Waals surface area contributed by atoms with Crippen LogP contribution < -0.4 is 5.66 Å². The van der Waals surface area contributed by atoms with Crippen molar-refractivity contribution in [1.82, 2.24) is 5.16 Å². The molecular formula is C7H12BNO. The van der Waals surface area contributed by atoms with Crippen LogP contribution in [0.4, 0.5) is 0 Å². The Labute approximate surface area is 62.0 Å². The quantitative estimate of drug-likeness (QED) is 0.478. The van der Waals surface area contributed by atoms with Crippen LogP contribution in [0.25, 0.3) is 0 Å². The highest BCUT2D eigenvalue weighted by molar-refractivity contribution is 6.29. The van der Waals surface area contributed by atoms with E-state index in [2.05, 4.69) is 25.9 Å². The molecule has 54 valence electrons. The topological polar surface area (TPSA) is 26.0 Å². The molecule has 3 heteroatoms. The van der Waals surface area contributed by atoms with E-state index in [1.165, 1.54) is 0 Å². The molecule has 10 heavy (non-hydrogen) atoms. The smallest absolute Gasteiger partial charge is 0.190 e. The van der Waals surface area contributed by atoms with E-state index in [0.717, 1.165) is 11.4 Å². The lowest BCUT2D eigenvalue weighted by Crippen LogP contribution is -2.11. The highest BCUT2D eigenvalue weighted by Gasteiger charge is 2.17. The minimum Gasteiger partial charge on any atom is -0.372 e. The highest BCUT2D eigenvalue weighted by Crippen LogP contribution is 2.18. The number of rotatable bonds is 0. The second kappa shape index (κ2) is 2.15. The second-order valence-electron chi connectivity index (χ2n) is 3.57. The Bertz CT molecular complexity index is 224. The van der Waals surface area contributed by atoms with E-state index in [-0.39, 0.29) is 5.41 Å². The molecule has 0 radical (unpaired) electrons. The summed E-state index contributed by atoms with van der Waals surface area (Å²) in [6.07, 6.45) is 0. The first kappa shape index (κ1) is 7.38. The summed E-state index contributed by atoms with van der Waals surface area (Å²) in [4.78, 5) is 0. The van der Waals surface area contributed by atoms with Gasteiger partial charge in [-0.2, -0.15) is 0 Å². The molecular weight excluding hydrogens is 125 g/mol. The Hall–Kier alpha value is -0.725. The summed E-state index contributed by atoms with van der Waals surface area (Å²) in [5.41, 5.74) is 2.01. The summed E-state index contributed by atoms with van der Waals surface area (Å²) >= 11 is 0. The zero-order valence-corrected chi connectivity index (χ0v) is 6.93. The third kappa shape index (κ3) is 1.41. The number of nitrogens with zero attached hydrogens (tertiary/aromatic N) is 1. The third-order valence-corrected chi connectivity index (χ3v) is 1.40. The molecule has 1 aromatic heterocycles. The highest BCUT2D eigenvalue weighted by atomic mass is 16.5. The van der Waals surface area contributed by atoms with Crippen LogP contribution in [0.2, 0.25) is 0 Å². The fraction of sp³-hybridized carbons (Fsp3) is 0.571. The maximum Gasteiger partial charge on any atom is 0.190 e. The number of hydrogen-bond donors (Lipinski definition) is 0. The van der Waals surface area contributed by atoms with Crippen LogP contribution in [0.15, 0.2) is 10.6 Å². The first-order valence-corrected chi connectivity index (χ1v) is 3.44. The average Bonchev–Trinajstić information content (AvgIpc) is 2.11. The Morgan fingerprint density at radius 3 is 2.30 bits per heavy atom. The van der Waals surface area contributed by atoms with Crippen LogP contribution in [0, 0.1) is 0 Å². The Balaban J connectivity index is 2.96. The average molecular weight is 137 g/mol. The molecule has 0 amide bonds. The predicted molar refractivity (Wildman–Crippen MR) is 43.4 cm³/mol. The lowest BCUT2D eigenvalue weighted by molar-refractivity contribution is 0.412. The van der Waals surface area contributed by atoms with E-state index in [4.69, 9.17) is 4.52 Å². The second-order valence-corrected chi connectivity index (χ2v) is 3.57. The fourth-order valence-corrected chi connectivity index (χ4v) is 0.720. The lowest BCUT2D eigenvalue weighted by Gasteiger charge is -2.12. The van der Waals surface area contributed by atoms with Crippen molar-refractivity contribution in [2.24, 2.45) is 0 Å². The molecule has 0 saturated heterocycles. The predicted octanol–water partition coefficient (Wildman–Crippen LogP) is 0.230. The van der Waals surface area contributed by atoms with Gasteiger partial charge in [-0.1, -0.05) is 25.9 Å². The van der Waals surface area contributed by atoms with Gasteiger partial charge < -0.3 is 4.52 Å². The molecule has 0 aliphatic rings. The van der Waals surface area contributed by atoms with E-state index in [1.54, 1.807) is 0 Å². The van der Waals surface area contributed by atoms with Gasteiger partial charge in [0, 0.05) is 5.41 Å². The molecule has 1 rings (SSSR count). The monoisotopic (exact) mass is 137 g/mol. The number of aromatic nitrogens is 1. The van der Waals surface area contributed by atoms with Crippen molar-refractivity contribution in [1.29, 1.82) is 0 Å². The van der Waals surface area contributed by atoms with Crippen molar-refractivity contribution in [2.75, 3.05) is 0 Å². The standard InChI is InChI=1S/C7H12BNO/c1-7(2,3)5-4-6(8)10-9-5/h4H,8H2,1-3H3. The van der Waals surface area contributed by atoms with Gasteiger partial charge in [0.15, 0.2) is 7.85 Å². The van der Waals surface area contributed by atoms with Gasteiger partial charge in [-0.15, -0.1) is 0 Å². The van der Waals surface area contributed by atoms with Crippen molar-refractivity contribution < 1.29 is 4.52 Å². The van der Waals surface area contributed by atoms with Gasteiger partial charge >= 0.3 is 0 Å². The van der Waals surface area contributed by atoms with Crippen LogP contribution in [0.5, 0.6) is 0 Å². The minimum absolute atomic E-state index is 0.109. The van der Waals surface area contributed by atoms with Crippen LogP contribution in [0.3, 0.4) is 0 Å². The van der Waals surface area contributed by atoms with Gasteiger partial charge in [-0.3, -0.25) is 0 Å². The van der Waals surface area contributed by atoms with Crippen LogP contribution in [-0.2, 0) is 5.41 Å². The number of hydrogen-bond acceptors (Lipinski definition) is 2. The summed E-state index contributed by atoms with van der Waals surface area (Å²) < 4.78 is 4.94. The van der Waals surface area contributed by atoms with Gasteiger partial charge in [0.1, 0.15) is 0 Å². The third-order valence-electron chi connectivity index (χ3n) is 1.40. The fourth-order valence-electron chi connectivity index (χ4n) is 0.720. The first-order valence-electron chi connectivity index (χ1n) is 3.44. The molecule has 0 aliphatic heterocycles. The Morgan fingerprint density at radius 2 is 2.10 bits per heavy atom. The molecule has 0 N–H and O–H groups in total. The summed E-state index contributed by atoms with van der Waals surface area (Å²) in [5, 5.41) is 3.91. The minimum atomic E-state index is 0.109. The maximum absolute atomic E-state index is 4.94. The molecule has 2 nitrogen and oxygen atoms in total. The van der Waals surface area contributed by atoms with Crippen LogP contribution in [0.1, 0.15) is 26.5 Å².